The molecule has 1 aromatic heterocycles. The summed E-state index contributed by atoms with van der Waals surface area (Å²) in [6.07, 6.45) is 1.86. The van der Waals surface area contributed by atoms with Crippen molar-refractivity contribution in [2.75, 3.05) is 12.3 Å². The summed E-state index contributed by atoms with van der Waals surface area (Å²) in [5.41, 5.74) is 6.89. The van der Waals surface area contributed by atoms with Crippen LogP contribution in [0.1, 0.15) is 50.9 Å². The van der Waals surface area contributed by atoms with Gasteiger partial charge in [0.05, 0.1) is 22.3 Å². The molecule has 1 heterocycles. The molecule has 0 saturated carbocycles. The zero-order valence-corrected chi connectivity index (χ0v) is 15.8. The second-order valence-electron chi connectivity index (χ2n) is 6.77. The van der Waals surface area contributed by atoms with Crippen molar-refractivity contribution in [2.45, 2.75) is 46.1 Å². The van der Waals surface area contributed by atoms with Crippen LogP contribution in [0.3, 0.4) is 0 Å². The number of aromatic amines is 1. The van der Waals surface area contributed by atoms with Gasteiger partial charge in [0.1, 0.15) is 5.60 Å². The molecular weight excluding hydrogens is 340 g/mol. The molecule has 0 atom stereocenters. The maximum Gasteiger partial charge on any atom is 0.340 e. The fourth-order valence-corrected chi connectivity index (χ4v) is 2.65. The smallest absolute Gasteiger partial charge is 0.340 e. The first-order valence-electron chi connectivity index (χ1n) is 8.20. The van der Waals surface area contributed by atoms with Crippen LogP contribution in [0.25, 0.3) is 11.0 Å². The number of carbonyl (C=O) groups is 2. The molecule has 1 amide bonds. The Bertz CT molecular complexity index is 861. The molecule has 8 heteroatoms. The number of nitrogens with one attached hydrogen (secondary N) is 2. The second kappa shape index (κ2) is 7.26. The molecule has 25 heavy (non-hydrogen) atoms. The van der Waals surface area contributed by atoms with Crippen molar-refractivity contribution in [3.8, 4) is 0 Å². The van der Waals surface area contributed by atoms with E-state index in [1.54, 1.807) is 32.9 Å². The molecular formula is C17H24N4O3S. The van der Waals surface area contributed by atoms with Crippen LogP contribution in [-0.2, 0) is 4.74 Å². The summed E-state index contributed by atoms with van der Waals surface area (Å²) in [7, 11) is 0. The maximum atomic E-state index is 12.4. The summed E-state index contributed by atoms with van der Waals surface area (Å²) in [4.78, 5) is 27.6. The van der Waals surface area contributed by atoms with Crippen molar-refractivity contribution in [3.63, 3.8) is 0 Å². The van der Waals surface area contributed by atoms with Crippen molar-refractivity contribution < 1.29 is 14.3 Å². The third-order valence-electron chi connectivity index (χ3n) is 3.53. The van der Waals surface area contributed by atoms with Crippen molar-refractivity contribution in [3.05, 3.63) is 22.5 Å². The van der Waals surface area contributed by atoms with Crippen LogP contribution in [0.4, 0.5) is 10.5 Å². The number of nitrogens with two attached hydrogens (primary N) is 1. The first-order valence-corrected chi connectivity index (χ1v) is 8.61. The van der Waals surface area contributed by atoms with Crippen molar-refractivity contribution >= 4 is 40.9 Å². The number of H-pyrrole nitrogens is 1. The molecule has 0 spiro atoms. The number of carbonyl (C=O) groups excluding carboxylic acids is 2. The number of nitrogen functional groups attached to an aromatic ring is 1. The summed E-state index contributed by atoms with van der Waals surface area (Å²) < 4.78 is 6.92. The molecule has 1 aromatic carbocycles. The highest BCUT2D eigenvalue weighted by atomic mass is 32.1. The maximum absolute atomic E-state index is 12.4. The number of ether oxygens (including phenoxy) is 1. The van der Waals surface area contributed by atoms with Crippen molar-refractivity contribution in [2.24, 2.45) is 0 Å². The molecule has 0 fully saturated rings. The van der Waals surface area contributed by atoms with Gasteiger partial charge in [0, 0.05) is 6.54 Å². The van der Waals surface area contributed by atoms with Gasteiger partial charge in [-0.15, -0.1) is 0 Å². The second-order valence-corrected chi connectivity index (χ2v) is 7.16. The molecule has 7 nitrogen and oxygen atoms in total. The van der Waals surface area contributed by atoms with Crippen molar-refractivity contribution in [1.29, 1.82) is 0 Å². The van der Waals surface area contributed by atoms with Crippen LogP contribution < -0.4 is 11.1 Å². The van der Waals surface area contributed by atoms with Gasteiger partial charge in [0.15, 0.2) is 4.77 Å². The van der Waals surface area contributed by atoms with E-state index in [4.69, 9.17) is 22.7 Å². The number of nitrogens with zero attached hydrogens (tertiary/aromatic N) is 1. The van der Waals surface area contributed by atoms with E-state index in [9.17, 15) is 9.59 Å². The third-order valence-corrected chi connectivity index (χ3v) is 3.81. The number of anilines is 1. The Labute approximate surface area is 151 Å². The topological polar surface area (TPSA) is 102 Å². The van der Waals surface area contributed by atoms with E-state index in [-0.39, 0.29) is 22.1 Å². The van der Waals surface area contributed by atoms with Gasteiger partial charge >= 0.3 is 12.0 Å². The van der Waals surface area contributed by atoms with Gasteiger partial charge < -0.3 is 20.8 Å². The Balaban J connectivity index is 2.42. The lowest BCUT2D eigenvalue weighted by Crippen LogP contribution is -2.29. The summed E-state index contributed by atoms with van der Waals surface area (Å²) in [5, 5.41) is 2.81. The minimum absolute atomic E-state index is 0.206. The highest BCUT2D eigenvalue weighted by Crippen LogP contribution is 2.26. The molecule has 4 N–H and O–H groups in total. The number of unbranched alkanes of at least 4 members (excludes halogenated alkanes) is 1. The van der Waals surface area contributed by atoms with Gasteiger partial charge in [-0.1, -0.05) is 13.3 Å². The SMILES string of the molecule is CCCCNC(=O)n1c(=S)[nH]c2c(N)c(C(=O)OC(C)(C)C)ccc21. The molecule has 0 aliphatic heterocycles. The first-order chi connectivity index (χ1) is 11.7. The van der Waals surface area contributed by atoms with Crippen LogP contribution in [0.15, 0.2) is 12.1 Å². The van der Waals surface area contributed by atoms with Crippen LogP contribution in [0, 0.1) is 4.77 Å². The molecule has 2 rings (SSSR count). The lowest BCUT2D eigenvalue weighted by atomic mass is 10.1. The van der Waals surface area contributed by atoms with E-state index in [0.29, 0.717) is 17.6 Å². The number of amides is 1. The van der Waals surface area contributed by atoms with E-state index in [0.717, 1.165) is 12.8 Å². The minimum Gasteiger partial charge on any atom is -0.456 e. The van der Waals surface area contributed by atoms with Gasteiger partial charge in [-0.2, -0.15) is 0 Å². The zero-order valence-electron chi connectivity index (χ0n) is 14.9. The van der Waals surface area contributed by atoms with Gasteiger partial charge in [-0.3, -0.25) is 0 Å². The number of rotatable bonds is 4. The Hall–Kier alpha value is -2.35. The minimum atomic E-state index is -0.629. The summed E-state index contributed by atoms with van der Waals surface area (Å²) >= 11 is 5.24. The van der Waals surface area contributed by atoms with E-state index in [2.05, 4.69) is 10.3 Å². The fourth-order valence-electron chi connectivity index (χ4n) is 2.36. The van der Waals surface area contributed by atoms with Crippen LogP contribution >= 0.6 is 12.2 Å². The predicted molar refractivity (Wildman–Crippen MR) is 100 cm³/mol. The Morgan fingerprint density at radius 1 is 1.36 bits per heavy atom. The number of hydrogen-bond acceptors (Lipinski definition) is 5. The molecule has 0 aliphatic carbocycles. The Morgan fingerprint density at radius 2 is 2.04 bits per heavy atom. The first kappa shape index (κ1) is 19.0. The van der Waals surface area contributed by atoms with Gasteiger partial charge in [0.2, 0.25) is 0 Å². The largest absolute Gasteiger partial charge is 0.456 e. The van der Waals surface area contributed by atoms with Crippen LogP contribution in [0.2, 0.25) is 0 Å². The van der Waals surface area contributed by atoms with E-state index >= 15 is 0 Å². The summed E-state index contributed by atoms with van der Waals surface area (Å²) in [6.45, 7) is 7.95. The fraction of sp³-hybridized carbons (Fsp3) is 0.471. The average Bonchev–Trinajstić information content (AvgIpc) is 2.83. The number of esters is 1. The van der Waals surface area contributed by atoms with E-state index < -0.39 is 11.6 Å². The number of aromatic nitrogens is 2. The number of hydrogen-bond donors (Lipinski definition) is 3. The molecule has 0 bridgehead atoms. The van der Waals surface area contributed by atoms with Crippen molar-refractivity contribution in [1.82, 2.24) is 14.9 Å². The Kier molecular flexibility index (Phi) is 5.52. The summed E-state index contributed by atoms with van der Waals surface area (Å²) in [5.74, 6) is -0.522. The molecule has 0 radical (unpaired) electrons. The monoisotopic (exact) mass is 364 g/mol. The molecule has 0 saturated heterocycles. The summed E-state index contributed by atoms with van der Waals surface area (Å²) in [6, 6.07) is 2.86. The molecule has 2 aromatic rings. The quantitative estimate of drug-likeness (QED) is 0.333. The standard InChI is InChI=1S/C17H24N4O3S/c1-5-6-9-19-15(23)21-11-8-7-10(14(22)24-17(2,3)4)12(18)13(11)20-16(21)25/h7-8H,5-6,9,18H2,1-4H3,(H,19,23)(H,20,25). The lowest BCUT2D eigenvalue weighted by Gasteiger charge is -2.20. The normalized spacial score (nSPS) is 11.5. The van der Waals surface area contributed by atoms with E-state index in [1.165, 1.54) is 4.57 Å². The molecule has 136 valence electrons. The van der Waals surface area contributed by atoms with Crippen LogP contribution in [-0.4, -0.2) is 33.7 Å². The predicted octanol–water partition coefficient (Wildman–Crippen LogP) is 3.59. The average molecular weight is 364 g/mol. The van der Waals surface area contributed by atoms with E-state index in [1.807, 2.05) is 6.92 Å². The Morgan fingerprint density at radius 3 is 2.64 bits per heavy atom. The lowest BCUT2D eigenvalue weighted by molar-refractivity contribution is 0.00709. The number of benzene rings is 1. The number of fused-ring (bicyclic) bond motifs is 1. The zero-order chi connectivity index (χ0) is 18.8. The number of imidazole rings is 1. The van der Waals surface area contributed by atoms with Crippen LogP contribution in [0.5, 0.6) is 0 Å². The highest BCUT2D eigenvalue weighted by molar-refractivity contribution is 7.71. The van der Waals surface area contributed by atoms with Gasteiger partial charge in [0.25, 0.3) is 0 Å². The third kappa shape index (κ3) is 4.19. The van der Waals surface area contributed by atoms with Gasteiger partial charge in [-0.25, -0.2) is 14.2 Å². The molecule has 0 unspecified atom stereocenters. The van der Waals surface area contributed by atoms with Gasteiger partial charge in [-0.05, 0) is 51.5 Å². The molecule has 0 aliphatic rings. The highest BCUT2D eigenvalue weighted by Gasteiger charge is 2.22.